The Morgan fingerprint density at radius 3 is 1.41 bits per heavy atom. The number of aliphatic hydroxyl groups is 2. The Hall–Kier alpha value is -7.20. The molecule has 4 heterocycles. The molecule has 4 amide bonds. The maximum atomic E-state index is 15.2. The van der Waals surface area contributed by atoms with Crippen molar-refractivity contribution >= 4 is 57.6 Å². The first-order valence-corrected chi connectivity index (χ1v) is 19.6. The number of primary amides is 2. The average Bonchev–Trinajstić information content (AvgIpc) is 3.95. The van der Waals surface area contributed by atoms with E-state index in [1.54, 1.807) is 35.1 Å². The third-order valence-electron chi connectivity index (χ3n) is 9.63. The molecule has 22 heteroatoms. The molecular formula is C41H50F2N12O8. The van der Waals surface area contributed by atoms with Crippen LogP contribution >= 0.6 is 0 Å². The lowest BCUT2D eigenvalue weighted by atomic mass is 10.1. The van der Waals surface area contributed by atoms with Crippen LogP contribution in [0, 0.1) is 25.5 Å². The van der Waals surface area contributed by atoms with E-state index < -0.39 is 35.3 Å². The number of carbonyl (C=O) groups is 4. The maximum Gasteiger partial charge on any atom is 0.279 e. The highest BCUT2D eigenvalue weighted by molar-refractivity contribution is 6.05. The molecule has 0 bridgehead atoms. The number of aliphatic hydroxyl groups excluding tert-OH is 2. The Kier molecular flexibility index (Phi) is 15.0. The van der Waals surface area contributed by atoms with E-state index in [2.05, 4.69) is 30.8 Å². The summed E-state index contributed by atoms with van der Waals surface area (Å²) in [5, 5.41) is 32.4. The Bertz CT molecular complexity index is 2530. The number of ether oxygens (including phenoxy) is 2. The molecule has 0 fully saturated rings. The number of benzene rings is 2. The molecule has 4 aromatic heterocycles. The highest BCUT2D eigenvalue weighted by Crippen LogP contribution is 2.33. The van der Waals surface area contributed by atoms with Crippen molar-refractivity contribution in [3.63, 3.8) is 0 Å². The van der Waals surface area contributed by atoms with E-state index in [4.69, 9.17) is 20.9 Å². The van der Waals surface area contributed by atoms with Crippen LogP contribution in [0.2, 0.25) is 0 Å². The van der Waals surface area contributed by atoms with Gasteiger partial charge in [-0.1, -0.05) is 19.6 Å². The lowest BCUT2D eigenvalue weighted by Crippen LogP contribution is -2.21. The highest BCUT2D eigenvalue weighted by Gasteiger charge is 2.27. The van der Waals surface area contributed by atoms with Gasteiger partial charge >= 0.3 is 0 Å². The van der Waals surface area contributed by atoms with Crippen LogP contribution in [0.5, 0.6) is 11.5 Å². The minimum atomic E-state index is -0.853. The van der Waals surface area contributed by atoms with Gasteiger partial charge in [0.15, 0.2) is 23.0 Å². The number of hydrogen-bond acceptors (Lipinski definition) is 12. The quantitative estimate of drug-likeness (QED) is 0.0472. The van der Waals surface area contributed by atoms with E-state index in [0.29, 0.717) is 11.0 Å². The van der Waals surface area contributed by atoms with E-state index in [1.165, 1.54) is 47.5 Å². The number of fused-ring (bicyclic) bond motifs is 2. The Labute approximate surface area is 359 Å². The number of allylic oxidation sites excluding steroid dienone is 2. The van der Waals surface area contributed by atoms with E-state index in [-0.39, 0.29) is 141 Å². The number of nitrogens with two attached hydrogens (primary N) is 2. The van der Waals surface area contributed by atoms with Gasteiger partial charge in [0, 0.05) is 63.4 Å². The first-order valence-electron chi connectivity index (χ1n) is 19.6. The predicted octanol–water partition coefficient (Wildman–Crippen LogP) is 3.83. The highest BCUT2D eigenvalue weighted by atomic mass is 19.1. The van der Waals surface area contributed by atoms with Crippen molar-refractivity contribution in [2.45, 2.75) is 74.1 Å². The van der Waals surface area contributed by atoms with Gasteiger partial charge in [-0.15, -0.1) is 0 Å². The first-order chi connectivity index (χ1) is 29.7. The largest absolute Gasteiger partial charge is 0.491 e. The number of carbonyl (C=O) groups excluding carboxylic acids is 4. The number of nitrogens with zero attached hydrogens (tertiary/aromatic N) is 8. The molecule has 0 aliphatic rings. The van der Waals surface area contributed by atoms with E-state index in [9.17, 15) is 29.4 Å². The first kappa shape index (κ1) is 46.9. The second-order valence-corrected chi connectivity index (χ2v) is 13.9. The smallest absolute Gasteiger partial charge is 0.279 e. The monoisotopic (exact) mass is 876 g/mol. The summed E-state index contributed by atoms with van der Waals surface area (Å²) >= 11 is 0. The molecule has 6 rings (SSSR count). The zero-order chi connectivity index (χ0) is 44.8. The van der Waals surface area contributed by atoms with Gasteiger partial charge in [0.1, 0.15) is 22.5 Å². The minimum Gasteiger partial charge on any atom is -0.491 e. The molecule has 0 saturated carbocycles. The number of aromatic nitrogens is 8. The van der Waals surface area contributed by atoms with Crippen molar-refractivity contribution in [2.24, 2.45) is 11.5 Å². The SMILES string of the molecule is C.CCn1nc(C)c(F)c1C(=O)Nc1nc2cc(C(N)=O)cc(OCCCO)c2n1C/C=C/Cn1c(NC(=O)c2c(F)c(C)nn2CC)nc2cc(C(N)=O)cc(OCCCO)c21. The molecule has 20 nitrogen and oxygen atoms in total. The lowest BCUT2D eigenvalue weighted by Gasteiger charge is -2.14. The van der Waals surface area contributed by atoms with Gasteiger partial charge in [0.2, 0.25) is 23.7 Å². The molecule has 0 unspecified atom stereocenters. The van der Waals surface area contributed by atoms with Crippen molar-refractivity contribution < 1.29 is 47.6 Å². The number of rotatable bonds is 20. The van der Waals surface area contributed by atoms with Crippen LogP contribution in [-0.4, -0.2) is 98.9 Å². The maximum absolute atomic E-state index is 15.2. The van der Waals surface area contributed by atoms with Gasteiger partial charge < -0.3 is 40.3 Å². The second kappa shape index (κ2) is 20.1. The molecule has 2 aromatic carbocycles. The molecule has 63 heavy (non-hydrogen) atoms. The number of aryl methyl sites for hydroxylation is 4. The van der Waals surface area contributed by atoms with Gasteiger partial charge in [0.25, 0.3) is 11.8 Å². The van der Waals surface area contributed by atoms with E-state index in [1.807, 2.05) is 0 Å². The molecule has 0 spiro atoms. The van der Waals surface area contributed by atoms with Crippen LogP contribution in [0.25, 0.3) is 22.1 Å². The predicted molar refractivity (Wildman–Crippen MR) is 228 cm³/mol. The van der Waals surface area contributed by atoms with Crippen LogP contribution in [0.3, 0.4) is 0 Å². The summed E-state index contributed by atoms with van der Waals surface area (Å²) in [7, 11) is 0. The number of anilines is 2. The van der Waals surface area contributed by atoms with Gasteiger partial charge in [-0.3, -0.25) is 39.2 Å². The third-order valence-corrected chi connectivity index (χ3v) is 9.63. The summed E-state index contributed by atoms with van der Waals surface area (Å²) in [5.41, 5.74) is 11.8. The molecule has 336 valence electrons. The molecule has 6 aromatic rings. The second-order valence-electron chi connectivity index (χ2n) is 13.9. The average molecular weight is 877 g/mol. The fraction of sp³-hybridized carbons (Fsp3) is 0.366. The molecular weight excluding hydrogens is 827 g/mol. The van der Waals surface area contributed by atoms with E-state index in [0.717, 1.165) is 0 Å². The van der Waals surface area contributed by atoms with Crippen LogP contribution < -0.4 is 31.6 Å². The third kappa shape index (κ3) is 9.65. The number of nitrogens with one attached hydrogen (secondary N) is 2. The van der Waals surface area contributed by atoms with Crippen LogP contribution in [0.1, 0.15) is 87.2 Å². The minimum absolute atomic E-state index is 0. The van der Waals surface area contributed by atoms with Gasteiger partial charge in [-0.25, -0.2) is 18.7 Å². The fourth-order valence-corrected chi connectivity index (χ4v) is 6.70. The van der Waals surface area contributed by atoms with Crippen molar-refractivity contribution in [3.8, 4) is 11.5 Å². The number of amides is 4. The summed E-state index contributed by atoms with van der Waals surface area (Å²) in [5.74, 6) is -4.71. The Morgan fingerprint density at radius 2 is 1.08 bits per heavy atom. The van der Waals surface area contributed by atoms with Gasteiger partial charge in [-0.2, -0.15) is 10.2 Å². The summed E-state index contributed by atoms with van der Waals surface area (Å²) in [6.07, 6.45) is 3.84. The number of imidazole rings is 2. The van der Waals surface area contributed by atoms with Gasteiger partial charge in [0.05, 0.1) is 35.6 Å². The van der Waals surface area contributed by atoms with Crippen molar-refractivity contribution in [2.75, 3.05) is 37.1 Å². The molecule has 8 N–H and O–H groups in total. The topological polar surface area (TPSA) is 275 Å². The zero-order valence-corrected chi connectivity index (χ0v) is 34.4. The Balaban J connectivity index is 0.00000748. The fourth-order valence-electron chi connectivity index (χ4n) is 6.70. The number of hydrogen-bond donors (Lipinski definition) is 6. The molecule has 0 aliphatic carbocycles. The summed E-state index contributed by atoms with van der Waals surface area (Å²) in [4.78, 5) is 61.2. The molecule has 0 radical (unpaired) electrons. The molecule has 0 atom stereocenters. The van der Waals surface area contributed by atoms with Crippen LogP contribution in [0.4, 0.5) is 20.7 Å². The van der Waals surface area contributed by atoms with Crippen molar-refractivity contribution in [1.29, 1.82) is 0 Å². The standard InChI is InChI=1S/C40H46F2N12O8.CH4/c1-5-53-33(29(41)21(3)49-53)37(59)47-39-45-25-17-23(35(43)57)19-27(61-15-9-13-55)31(25)51(39)11-7-8-12-52-32-26(18-24(36(44)58)20-28(32)62-16-10-14-56)46-40(52)48-38(60)34-30(42)22(4)50-54(34)6-2;/h7-8,17-20,55-56H,5-6,9-16H2,1-4H3,(H2,43,57)(H2,44,58)(H,45,47,59)(H,46,48,60);1H4/b8-7+;. The van der Waals surface area contributed by atoms with E-state index >= 15 is 8.78 Å². The van der Waals surface area contributed by atoms with Crippen LogP contribution in [0.15, 0.2) is 36.4 Å². The summed E-state index contributed by atoms with van der Waals surface area (Å²) in [6, 6.07) is 5.64. The van der Waals surface area contributed by atoms with Crippen molar-refractivity contribution in [1.82, 2.24) is 38.7 Å². The normalized spacial score (nSPS) is 11.4. The lowest BCUT2D eigenvalue weighted by molar-refractivity contribution is 0.0991. The van der Waals surface area contributed by atoms with Crippen molar-refractivity contribution in [3.05, 3.63) is 82.0 Å². The van der Waals surface area contributed by atoms with Crippen LogP contribution in [-0.2, 0) is 26.2 Å². The summed E-state index contributed by atoms with van der Waals surface area (Å²) < 4.78 is 47.9. The Morgan fingerprint density at radius 1 is 0.698 bits per heavy atom. The molecule has 0 aliphatic heterocycles. The summed E-state index contributed by atoms with van der Waals surface area (Å²) in [6.45, 7) is 6.30. The molecule has 0 saturated heterocycles. The zero-order valence-electron chi connectivity index (χ0n) is 34.4. The van der Waals surface area contributed by atoms with Gasteiger partial charge in [-0.05, 0) is 52.0 Å². The number of halogens is 2.